The number of carbonyl (C=O) groups excluding carboxylic acids is 2. The van der Waals surface area contributed by atoms with Crippen LogP contribution in [0.5, 0.6) is 0 Å². The summed E-state index contributed by atoms with van der Waals surface area (Å²) in [5.74, 6) is -1.32. The van der Waals surface area contributed by atoms with Crippen molar-refractivity contribution >= 4 is 28.3 Å². The largest absolute Gasteiger partial charge is 0.344 e. The summed E-state index contributed by atoms with van der Waals surface area (Å²) in [7, 11) is 0. The zero-order valence-electron chi connectivity index (χ0n) is 12.5. The Balaban J connectivity index is 1.62. The summed E-state index contributed by atoms with van der Waals surface area (Å²) in [5, 5.41) is 7.32. The molecule has 0 radical (unpaired) electrons. The van der Waals surface area contributed by atoms with Gasteiger partial charge in [0, 0.05) is 12.2 Å². The number of anilines is 1. The molecule has 0 heterocycles. The van der Waals surface area contributed by atoms with Crippen molar-refractivity contribution in [3.63, 3.8) is 0 Å². The van der Waals surface area contributed by atoms with Crippen molar-refractivity contribution in [3.05, 3.63) is 78.4 Å². The summed E-state index contributed by atoms with van der Waals surface area (Å²) in [6.45, 7) is 0.324. The molecule has 2 N–H and O–H groups in total. The normalized spacial score (nSPS) is 10.3. The maximum atomic E-state index is 11.9. The van der Waals surface area contributed by atoms with Crippen LogP contribution in [-0.4, -0.2) is 11.8 Å². The highest BCUT2D eigenvalue weighted by Crippen LogP contribution is 2.18. The molecule has 0 bridgehead atoms. The number of nitrogens with one attached hydrogen (secondary N) is 2. The van der Waals surface area contributed by atoms with Gasteiger partial charge in [-0.05, 0) is 28.5 Å². The first-order chi connectivity index (χ1) is 11.2. The van der Waals surface area contributed by atoms with Crippen LogP contribution < -0.4 is 10.6 Å². The third-order valence-corrected chi connectivity index (χ3v) is 3.51. The molecule has 0 aliphatic carbocycles. The zero-order chi connectivity index (χ0) is 16.1. The number of carbonyl (C=O) groups is 2. The second-order valence-electron chi connectivity index (χ2n) is 5.18. The molecule has 3 rings (SSSR count). The molecule has 0 saturated heterocycles. The monoisotopic (exact) mass is 304 g/mol. The predicted molar refractivity (Wildman–Crippen MR) is 90.9 cm³/mol. The third kappa shape index (κ3) is 3.74. The van der Waals surface area contributed by atoms with Crippen LogP contribution in [-0.2, 0) is 16.1 Å². The third-order valence-electron chi connectivity index (χ3n) is 3.51. The number of benzene rings is 3. The van der Waals surface area contributed by atoms with E-state index >= 15 is 0 Å². The van der Waals surface area contributed by atoms with Crippen molar-refractivity contribution in [2.45, 2.75) is 6.54 Å². The molecule has 3 aromatic rings. The second kappa shape index (κ2) is 6.75. The topological polar surface area (TPSA) is 58.2 Å². The number of hydrogen-bond acceptors (Lipinski definition) is 2. The van der Waals surface area contributed by atoms with Crippen molar-refractivity contribution in [1.29, 1.82) is 0 Å². The van der Waals surface area contributed by atoms with Gasteiger partial charge in [-0.1, -0.05) is 60.7 Å². The fourth-order valence-electron chi connectivity index (χ4n) is 2.31. The number of hydrogen-bond donors (Lipinski definition) is 2. The van der Waals surface area contributed by atoms with Crippen LogP contribution >= 0.6 is 0 Å². The lowest BCUT2D eigenvalue weighted by molar-refractivity contribution is -0.136. The molecule has 0 fully saturated rings. The molecule has 4 heteroatoms. The van der Waals surface area contributed by atoms with Crippen LogP contribution in [0.1, 0.15) is 5.56 Å². The Kier molecular flexibility index (Phi) is 4.34. The van der Waals surface area contributed by atoms with Crippen molar-refractivity contribution in [3.8, 4) is 0 Å². The molecule has 0 aromatic heterocycles. The molecule has 4 nitrogen and oxygen atoms in total. The van der Waals surface area contributed by atoms with E-state index in [0.29, 0.717) is 12.2 Å². The molecule has 2 amide bonds. The Morgan fingerprint density at radius 2 is 1.43 bits per heavy atom. The highest BCUT2D eigenvalue weighted by molar-refractivity contribution is 6.39. The molecule has 0 unspecified atom stereocenters. The van der Waals surface area contributed by atoms with E-state index in [1.165, 1.54) is 0 Å². The minimum absolute atomic E-state index is 0.324. The standard InChI is InChI=1S/C19H16N2O2/c22-18(20-13-14-6-2-1-3-7-14)19(23)21-17-11-10-15-8-4-5-9-16(15)12-17/h1-12H,13H2,(H,20,22)(H,21,23). The molecular weight excluding hydrogens is 288 g/mol. The Bertz CT molecular complexity index is 844. The van der Waals surface area contributed by atoms with Crippen LogP contribution in [0.2, 0.25) is 0 Å². The van der Waals surface area contributed by atoms with E-state index in [4.69, 9.17) is 0 Å². The van der Waals surface area contributed by atoms with Crippen molar-refractivity contribution in [2.75, 3.05) is 5.32 Å². The average molecular weight is 304 g/mol. The van der Waals surface area contributed by atoms with Gasteiger partial charge >= 0.3 is 11.8 Å². The molecule has 0 aliphatic heterocycles. The first kappa shape index (κ1) is 14.8. The summed E-state index contributed by atoms with van der Waals surface area (Å²) in [4.78, 5) is 23.8. The molecule has 0 atom stereocenters. The number of amides is 2. The maximum Gasteiger partial charge on any atom is 0.313 e. The number of rotatable bonds is 3. The van der Waals surface area contributed by atoms with Crippen LogP contribution in [0, 0.1) is 0 Å². The predicted octanol–water partition coefficient (Wildman–Crippen LogP) is 3.09. The van der Waals surface area contributed by atoms with Gasteiger partial charge in [0.15, 0.2) is 0 Å². The molecular formula is C19H16N2O2. The van der Waals surface area contributed by atoms with Crippen molar-refractivity contribution in [1.82, 2.24) is 5.32 Å². The van der Waals surface area contributed by atoms with Gasteiger partial charge in [-0.2, -0.15) is 0 Å². The summed E-state index contributed by atoms with van der Waals surface area (Å²) in [6, 6.07) is 22.8. The maximum absolute atomic E-state index is 11.9. The lowest BCUT2D eigenvalue weighted by Crippen LogP contribution is -2.34. The highest BCUT2D eigenvalue weighted by Gasteiger charge is 2.13. The fourth-order valence-corrected chi connectivity index (χ4v) is 2.31. The SMILES string of the molecule is O=C(NCc1ccccc1)C(=O)Nc1ccc2ccccc2c1. The van der Waals surface area contributed by atoms with E-state index in [-0.39, 0.29) is 0 Å². The van der Waals surface area contributed by atoms with Gasteiger partial charge in [0.05, 0.1) is 0 Å². The quantitative estimate of drug-likeness (QED) is 0.731. The smallest absolute Gasteiger partial charge is 0.313 e. The van der Waals surface area contributed by atoms with Gasteiger partial charge < -0.3 is 10.6 Å². The summed E-state index contributed by atoms with van der Waals surface area (Å²) in [5.41, 5.74) is 1.54. The summed E-state index contributed by atoms with van der Waals surface area (Å²) >= 11 is 0. The van der Waals surface area contributed by atoms with Gasteiger partial charge in [0.25, 0.3) is 0 Å². The minimum atomic E-state index is -0.670. The Morgan fingerprint density at radius 3 is 2.22 bits per heavy atom. The summed E-state index contributed by atoms with van der Waals surface area (Å²) < 4.78 is 0. The van der Waals surface area contributed by atoms with E-state index < -0.39 is 11.8 Å². The van der Waals surface area contributed by atoms with Gasteiger partial charge in [-0.25, -0.2) is 0 Å². The Hall–Kier alpha value is -3.14. The van der Waals surface area contributed by atoms with E-state index in [9.17, 15) is 9.59 Å². The van der Waals surface area contributed by atoms with Crippen molar-refractivity contribution < 1.29 is 9.59 Å². The van der Waals surface area contributed by atoms with Crippen molar-refractivity contribution in [2.24, 2.45) is 0 Å². The lowest BCUT2D eigenvalue weighted by atomic mass is 10.1. The highest BCUT2D eigenvalue weighted by atomic mass is 16.2. The average Bonchev–Trinajstić information content (AvgIpc) is 2.60. The lowest BCUT2D eigenvalue weighted by Gasteiger charge is -2.07. The van der Waals surface area contributed by atoms with E-state index in [1.54, 1.807) is 6.07 Å². The van der Waals surface area contributed by atoms with E-state index in [2.05, 4.69) is 10.6 Å². The van der Waals surface area contributed by atoms with E-state index in [0.717, 1.165) is 16.3 Å². The molecule has 23 heavy (non-hydrogen) atoms. The summed E-state index contributed by atoms with van der Waals surface area (Å²) in [6.07, 6.45) is 0. The molecule has 0 aliphatic rings. The van der Waals surface area contributed by atoms with Gasteiger partial charge in [-0.3, -0.25) is 9.59 Å². The first-order valence-corrected chi connectivity index (χ1v) is 7.34. The second-order valence-corrected chi connectivity index (χ2v) is 5.18. The molecule has 0 saturated carbocycles. The Labute approximate surface area is 134 Å². The van der Waals surface area contributed by atoms with Gasteiger partial charge in [0.2, 0.25) is 0 Å². The van der Waals surface area contributed by atoms with Crippen LogP contribution in [0.15, 0.2) is 72.8 Å². The Morgan fingerprint density at radius 1 is 0.739 bits per heavy atom. The molecule has 3 aromatic carbocycles. The van der Waals surface area contributed by atoms with Crippen LogP contribution in [0.3, 0.4) is 0 Å². The zero-order valence-corrected chi connectivity index (χ0v) is 12.5. The number of fused-ring (bicyclic) bond motifs is 1. The van der Waals surface area contributed by atoms with Crippen LogP contribution in [0.4, 0.5) is 5.69 Å². The van der Waals surface area contributed by atoms with Crippen LogP contribution in [0.25, 0.3) is 10.8 Å². The van der Waals surface area contributed by atoms with Gasteiger partial charge in [-0.15, -0.1) is 0 Å². The minimum Gasteiger partial charge on any atom is -0.344 e. The molecule has 0 spiro atoms. The molecule has 114 valence electrons. The van der Waals surface area contributed by atoms with E-state index in [1.807, 2.05) is 66.7 Å². The van der Waals surface area contributed by atoms with Gasteiger partial charge in [0.1, 0.15) is 0 Å². The first-order valence-electron chi connectivity index (χ1n) is 7.34. The fraction of sp³-hybridized carbons (Fsp3) is 0.0526.